The molecule has 1 saturated heterocycles. The van der Waals surface area contributed by atoms with E-state index in [1.54, 1.807) is 0 Å². The van der Waals surface area contributed by atoms with Gasteiger partial charge in [-0.25, -0.2) is 0 Å². The molecule has 2 unspecified atom stereocenters. The Balaban J connectivity index is 1.87. The second kappa shape index (κ2) is 3.84. The van der Waals surface area contributed by atoms with Crippen molar-refractivity contribution in [3.63, 3.8) is 0 Å². The summed E-state index contributed by atoms with van der Waals surface area (Å²) in [6.45, 7) is 0. The summed E-state index contributed by atoms with van der Waals surface area (Å²) in [5.41, 5.74) is 2.56. The van der Waals surface area contributed by atoms with Crippen LogP contribution < -0.4 is 4.90 Å². The van der Waals surface area contributed by atoms with E-state index in [0.717, 1.165) is 0 Å². The summed E-state index contributed by atoms with van der Waals surface area (Å²) < 4.78 is 0. The summed E-state index contributed by atoms with van der Waals surface area (Å²) in [6.07, 6.45) is 0. The van der Waals surface area contributed by atoms with Crippen molar-refractivity contribution in [3.8, 4) is 0 Å². The Morgan fingerprint density at radius 2 is 1.38 bits per heavy atom. The summed E-state index contributed by atoms with van der Waals surface area (Å²) in [5.74, 6) is 0. The quantitative estimate of drug-likeness (QED) is 0.430. The molecule has 80 valence electrons. The molecule has 2 aromatic rings. The minimum absolute atomic E-state index is 0.0878. The van der Waals surface area contributed by atoms with Gasteiger partial charge in [0.05, 0.1) is 6.04 Å². The maximum atomic E-state index is 6.31. The van der Waals surface area contributed by atoms with Crippen LogP contribution in [0.2, 0.25) is 0 Å². The van der Waals surface area contributed by atoms with E-state index in [4.69, 9.17) is 11.6 Å². The smallest absolute Gasteiger partial charge is 0.129 e. The molecule has 1 nitrogen and oxygen atoms in total. The van der Waals surface area contributed by atoms with Crippen molar-refractivity contribution in [1.29, 1.82) is 0 Å². The molecule has 0 spiro atoms. The number of anilines is 1. The summed E-state index contributed by atoms with van der Waals surface area (Å²) in [7, 11) is 0. The van der Waals surface area contributed by atoms with Crippen LogP contribution in [0.25, 0.3) is 0 Å². The van der Waals surface area contributed by atoms with Crippen LogP contribution in [-0.2, 0) is 0 Å². The van der Waals surface area contributed by atoms with E-state index in [1.165, 1.54) is 11.3 Å². The first-order valence-corrected chi connectivity index (χ1v) is 5.84. The fourth-order valence-electron chi connectivity index (χ4n) is 2.08. The molecular weight excluding hydrogens is 218 g/mol. The van der Waals surface area contributed by atoms with Crippen molar-refractivity contribution in [3.05, 3.63) is 66.2 Å². The Kier molecular flexibility index (Phi) is 2.33. The first-order valence-electron chi connectivity index (χ1n) is 5.40. The topological polar surface area (TPSA) is 3.01 Å². The minimum atomic E-state index is 0.0878. The maximum absolute atomic E-state index is 6.31. The zero-order valence-corrected chi connectivity index (χ0v) is 9.51. The number of hydrogen-bond donors (Lipinski definition) is 0. The highest BCUT2D eigenvalue weighted by molar-refractivity contribution is 6.25. The molecule has 1 aliphatic rings. The Hall–Kier alpha value is -1.47. The van der Waals surface area contributed by atoms with E-state index in [-0.39, 0.29) is 5.50 Å². The first kappa shape index (κ1) is 9.73. The lowest BCUT2D eigenvalue weighted by atomic mass is 10.1. The van der Waals surface area contributed by atoms with Gasteiger partial charge in [-0.1, -0.05) is 60.1 Å². The molecule has 2 aromatic carbocycles. The molecule has 0 saturated carbocycles. The molecule has 16 heavy (non-hydrogen) atoms. The Morgan fingerprint density at radius 3 is 2.00 bits per heavy atom. The van der Waals surface area contributed by atoms with Crippen molar-refractivity contribution < 1.29 is 0 Å². The first-order chi connectivity index (χ1) is 7.88. The average Bonchev–Trinajstić information content (AvgIpc) is 3.03. The van der Waals surface area contributed by atoms with Gasteiger partial charge in [0.15, 0.2) is 0 Å². The highest BCUT2D eigenvalue weighted by atomic mass is 35.5. The van der Waals surface area contributed by atoms with Crippen LogP contribution in [0.15, 0.2) is 60.7 Å². The summed E-state index contributed by atoms with van der Waals surface area (Å²) in [6, 6.07) is 21.0. The molecule has 3 rings (SSSR count). The third-order valence-electron chi connectivity index (χ3n) is 2.93. The number of rotatable bonds is 2. The second-order valence-electron chi connectivity index (χ2n) is 3.97. The Bertz CT molecular complexity index is 423. The van der Waals surface area contributed by atoms with Crippen LogP contribution in [0.4, 0.5) is 5.69 Å². The van der Waals surface area contributed by atoms with Gasteiger partial charge in [-0.2, -0.15) is 0 Å². The predicted molar refractivity (Wildman–Crippen MR) is 67.7 cm³/mol. The highest BCUT2D eigenvalue weighted by Crippen LogP contribution is 2.48. The van der Waals surface area contributed by atoms with Gasteiger partial charge in [-0.05, 0) is 17.7 Å². The third kappa shape index (κ3) is 1.57. The number of halogens is 1. The molecule has 1 fully saturated rings. The third-order valence-corrected chi connectivity index (χ3v) is 3.38. The molecule has 0 N–H and O–H groups in total. The average molecular weight is 230 g/mol. The second-order valence-corrected chi connectivity index (χ2v) is 4.42. The van der Waals surface area contributed by atoms with Gasteiger partial charge in [0, 0.05) is 5.69 Å². The normalized spacial score (nSPS) is 23.2. The van der Waals surface area contributed by atoms with Gasteiger partial charge < -0.3 is 4.90 Å². The molecule has 0 amide bonds. The predicted octanol–water partition coefficient (Wildman–Crippen LogP) is 3.81. The van der Waals surface area contributed by atoms with Crippen LogP contribution in [0.1, 0.15) is 11.6 Å². The van der Waals surface area contributed by atoms with Crippen LogP contribution in [0.3, 0.4) is 0 Å². The van der Waals surface area contributed by atoms with Crippen molar-refractivity contribution >= 4 is 17.3 Å². The fraction of sp³-hybridized carbons (Fsp3) is 0.143. The number of para-hydroxylation sites is 1. The number of hydrogen-bond acceptors (Lipinski definition) is 1. The SMILES string of the molecule is ClC1C(c2ccccc2)N1c1ccccc1. The lowest BCUT2D eigenvalue weighted by Gasteiger charge is -2.04. The summed E-state index contributed by atoms with van der Waals surface area (Å²) in [5, 5.41) is 0. The zero-order valence-electron chi connectivity index (χ0n) is 8.75. The van der Waals surface area contributed by atoms with Crippen molar-refractivity contribution in [2.45, 2.75) is 11.5 Å². The van der Waals surface area contributed by atoms with E-state index in [0.29, 0.717) is 6.04 Å². The Morgan fingerprint density at radius 1 is 0.812 bits per heavy atom. The van der Waals surface area contributed by atoms with Gasteiger partial charge >= 0.3 is 0 Å². The lowest BCUT2D eigenvalue weighted by Crippen LogP contribution is -1.94. The molecule has 1 aliphatic heterocycles. The molecular formula is C14H12ClN. The number of alkyl halides is 1. The zero-order chi connectivity index (χ0) is 11.0. The summed E-state index contributed by atoms with van der Waals surface area (Å²) in [4.78, 5) is 2.22. The molecule has 2 atom stereocenters. The van der Waals surface area contributed by atoms with E-state index in [9.17, 15) is 0 Å². The molecule has 0 radical (unpaired) electrons. The standard InChI is InChI=1S/C14H12ClN/c15-14-13(11-7-3-1-4-8-11)16(14)12-9-5-2-6-10-12/h1-10,13-14H. The van der Waals surface area contributed by atoms with Crippen molar-refractivity contribution in [2.75, 3.05) is 4.90 Å². The highest BCUT2D eigenvalue weighted by Gasteiger charge is 2.47. The van der Waals surface area contributed by atoms with Crippen LogP contribution in [0.5, 0.6) is 0 Å². The molecule has 0 aliphatic carbocycles. The molecule has 0 bridgehead atoms. The fourth-order valence-corrected chi connectivity index (χ4v) is 2.51. The van der Waals surface area contributed by atoms with Gasteiger partial charge in [0.25, 0.3) is 0 Å². The Labute approximate surface area is 100 Å². The van der Waals surface area contributed by atoms with E-state index in [1.807, 2.05) is 24.3 Å². The van der Waals surface area contributed by atoms with E-state index in [2.05, 4.69) is 41.3 Å². The van der Waals surface area contributed by atoms with Crippen LogP contribution >= 0.6 is 11.6 Å². The van der Waals surface area contributed by atoms with Crippen LogP contribution in [0, 0.1) is 0 Å². The van der Waals surface area contributed by atoms with E-state index < -0.39 is 0 Å². The lowest BCUT2D eigenvalue weighted by molar-refractivity contribution is 1.12. The molecule has 0 aromatic heterocycles. The minimum Gasteiger partial charge on any atom is -0.343 e. The van der Waals surface area contributed by atoms with E-state index >= 15 is 0 Å². The molecule has 1 heterocycles. The number of benzene rings is 2. The monoisotopic (exact) mass is 229 g/mol. The summed E-state index contributed by atoms with van der Waals surface area (Å²) >= 11 is 6.31. The van der Waals surface area contributed by atoms with Gasteiger partial charge in [0.2, 0.25) is 0 Å². The van der Waals surface area contributed by atoms with Crippen molar-refractivity contribution in [2.24, 2.45) is 0 Å². The number of nitrogens with zero attached hydrogens (tertiary/aromatic N) is 1. The van der Waals surface area contributed by atoms with Crippen molar-refractivity contribution in [1.82, 2.24) is 0 Å². The largest absolute Gasteiger partial charge is 0.343 e. The van der Waals surface area contributed by atoms with Gasteiger partial charge in [-0.3, -0.25) is 0 Å². The van der Waals surface area contributed by atoms with Crippen LogP contribution in [-0.4, -0.2) is 5.50 Å². The van der Waals surface area contributed by atoms with Gasteiger partial charge in [-0.15, -0.1) is 0 Å². The molecule has 2 heteroatoms. The maximum Gasteiger partial charge on any atom is 0.129 e. The van der Waals surface area contributed by atoms with Gasteiger partial charge in [0.1, 0.15) is 5.50 Å².